The molecule has 0 aliphatic heterocycles. The van der Waals surface area contributed by atoms with Gasteiger partial charge in [-0.25, -0.2) is 0 Å². The summed E-state index contributed by atoms with van der Waals surface area (Å²) in [5.74, 6) is 3.20. The van der Waals surface area contributed by atoms with E-state index >= 15 is 0 Å². The standard InChI is InChI=1S/C20H26N2O2/c1-22(2)20(24)14-4-3-5-17(11-14)21-19(23)18-15-7-12-6-13(9-15)10-16(18)8-12/h3-5,11-13,15-16,18H,6-10H2,1-2H3,(H,21,23). The maximum absolute atomic E-state index is 12.9. The Hall–Kier alpha value is -1.84. The lowest BCUT2D eigenvalue weighted by molar-refractivity contribution is -0.132. The molecule has 4 aliphatic rings. The number of anilines is 1. The maximum atomic E-state index is 12.9. The highest BCUT2D eigenvalue weighted by molar-refractivity contribution is 5.97. The Morgan fingerprint density at radius 1 is 1.00 bits per heavy atom. The zero-order valence-electron chi connectivity index (χ0n) is 14.5. The summed E-state index contributed by atoms with van der Waals surface area (Å²) in [6.45, 7) is 0. The van der Waals surface area contributed by atoms with Crippen molar-refractivity contribution in [1.82, 2.24) is 4.90 Å². The van der Waals surface area contributed by atoms with E-state index in [-0.39, 0.29) is 17.7 Å². The first-order valence-electron chi connectivity index (χ1n) is 9.14. The molecule has 4 fully saturated rings. The van der Waals surface area contributed by atoms with Crippen LogP contribution in [0.15, 0.2) is 24.3 Å². The van der Waals surface area contributed by atoms with Crippen LogP contribution in [0.1, 0.15) is 42.5 Å². The minimum atomic E-state index is -0.0410. The first-order chi connectivity index (χ1) is 11.5. The van der Waals surface area contributed by atoms with Crippen LogP contribution in [0.2, 0.25) is 0 Å². The Labute approximate surface area is 143 Å². The van der Waals surface area contributed by atoms with Gasteiger partial charge in [0.15, 0.2) is 0 Å². The highest BCUT2D eigenvalue weighted by Gasteiger charge is 2.50. The van der Waals surface area contributed by atoms with Crippen LogP contribution in [0, 0.1) is 29.6 Å². The molecule has 1 aromatic rings. The van der Waals surface area contributed by atoms with Gasteiger partial charge in [0.05, 0.1) is 0 Å². The second kappa shape index (κ2) is 5.91. The minimum absolute atomic E-state index is 0.0410. The predicted molar refractivity (Wildman–Crippen MR) is 93.6 cm³/mol. The lowest BCUT2D eigenvalue weighted by Gasteiger charge is -2.53. The Morgan fingerprint density at radius 2 is 1.62 bits per heavy atom. The molecule has 1 N–H and O–H groups in total. The topological polar surface area (TPSA) is 49.4 Å². The Morgan fingerprint density at radius 3 is 2.21 bits per heavy atom. The number of rotatable bonds is 3. The largest absolute Gasteiger partial charge is 0.345 e. The molecular weight excluding hydrogens is 300 g/mol. The highest BCUT2D eigenvalue weighted by atomic mass is 16.2. The number of nitrogens with zero attached hydrogens (tertiary/aromatic N) is 1. The molecule has 0 saturated heterocycles. The average Bonchev–Trinajstić information content (AvgIpc) is 2.53. The van der Waals surface area contributed by atoms with Gasteiger partial charge in [-0.2, -0.15) is 0 Å². The second-order valence-electron chi connectivity index (χ2n) is 8.23. The number of benzene rings is 1. The molecule has 0 atom stereocenters. The van der Waals surface area contributed by atoms with Gasteiger partial charge in [-0.15, -0.1) is 0 Å². The van der Waals surface area contributed by atoms with Gasteiger partial charge in [0.25, 0.3) is 5.91 Å². The predicted octanol–water partition coefficient (Wildman–Crippen LogP) is 3.40. The van der Waals surface area contributed by atoms with Crippen molar-refractivity contribution in [3.05, 3.63) is 29.8 Å². The Bertz CT molecular complexity index is 639. The van der Waals surface area contributed by atoms with Gasteiger partial charge < -0.3 is 10.2 Å². The quantitative estimate of drug-likeness (QED) is 0.925. The van der Waals surface area contributed by atoms with Crippen molar-refractivity contribution >= 4 is 17.5 Å². The van der Waals surface area contributed by atoms with E-state index in [1.807, 2.05) is 12.1 Å². The third kappa shape index (κ3) is 2.72. The first-order valence-corrected chi connectivity index (χ1v) is 9.14. The third-order valence-corrected chi connectivity index (χ3v) is 6.31. The van der Waals surface area contributed by atoms with E-state index in [4.69, 9.17) is 0 Å². The number of carbonyl (C=O) groups excluding carboxylic acids is 2. The van der Waals surface area contributed by atoms with E-state index in [1.165, 1.54) is 32.1 Å². The zero-order chi connectivity index (χ0) is 16.8. The Kier molecular flexibility index (Phi) is 3.86. The van der Waals surface area contributed by atoms with E-state index in [2.05, 4.69) is 5.32 Å². The van der Waals surface area contributed by atoms with Crippen LogP contribution in [0.3, 0.4) is 0 Å². The van der Waals surface area contributed by atoms with Gasteiger partial charge in [-0.1, -0.05) is 6.07 Å². The Balaban J connectivity index is 1.49. The molecule has 0 heterocycles. The van der Waals surface area contributed by atoms with E-state index in [0.29, 0.717) is 17.4 Å². The molecule has 128 valence electrons. The molecule has 0 unspecified atom stereocenters. The molecule has 1 aromatic carbocycles. The summed E-state index contributed by atoms with van der Waals surface area (Å²) in [5.41, 5.74) is 1.35. The number of nitrogens with one attached hydrogen (secondary N) is 1. The smallest absolute Gasteiger partial charge is 0.253 e. The van der Waals surface area contributed by atoms with Crippen LogP contribution >= 0.6 is 0 Å². The summed E-state index contributed by atoms with van der Waals surface area (Å²) in [6, 6.07) is 7.29. The van der Waals surface area contributed by atoms with E-state index in [9.17, 15) is 9.59 Å². The number of carbonyl (C=O) groups is 2. The summed E-state index contributed by atoms with van der Waals surface area (Å²) in [6.07, 6.45) is 6.36. The van der Waals surface area contributed by atoms with Crippen LogP contribution in [-0.4, -0.2) is 30.8 Å². The summed E-state index contributed by atoms with van der Waals surface area (Å²) < 4.78 is 0. The van der Waals surface area contributed by atoms with Gasteiger partial charge in [-0.05, 0) is 74.0 Å². The summed E-state index contributed by atoms with van der Waals surface area (Å²) in [5, 5.41) is 3.09. The van der Waals surface area contributed by atoms with Gasteiger partial charge in [0, 0.05) is 31.3 Å². The molecule has 0 radical (unpaired) electrons. The molecule has 4 aliphatic carbocycles. The summed E-state index contributed by atoms with van der Waals surface area (Å²) >= 11 is 0. The molecule has 4 saturated carbocycles. The molecule has 4 nitrogen and oxygen atoms in total. The number of hydrogen-bond acceptors (Lipinski definition) is 2. The minimum Gasteiger partial charge on any atom is -0.345 e. The van der Waals surface area contributed by atoms with Crippen LogP contribution < -0.4 is 5.32 Å². The van der Waals surface area contributed by atoms with Gasteiger partial charge in [0.1, 0.15) is 0 Å². The summed E-state index contributed by atoms with van der Waals surface area (Å²) in [4.78, 5) is 26.6. The number of amides is 2. The van der Waals surface area contributed by atoms with Gasteiger partial charge >= 0.3 is 0 Å². The molecule has 0 aromatic heterocycles. The molecule has 2 amide bonds. The monoisotopic (exact) mass is 326 g/mol. The summed E-state index contributed by atoms with van der Waals surface area (Å²) in [7, 11) is 3.48. The van der Waals surface area contributed by atoms with Crippen LogP contribution in [0.5, 0.6) is 0 Å². The average molecular weight is 326 g/mol. The van der Waals surface area contributed by atoms with Crippen molar-refractivity contribution in [2.45, 2.75) is 32.1 Å². The molecular formula is C20H26N2O2. The van der Waals surface area contributed by atoms with Crippen LogP contribution in [0.25, 0.3) is 0 Å². The van der Waals surface area contributed by atoms with Crippen molar-refractivity contribution in [2.24, 2.45) is 29.6 Å². The van der Waals surface area contributed by atoms with Gasteiger partial charge in [0.2, 0.25) is 5.91 Å². The SMILES string of the molecule is CN(C)C(=O)c1cccc(NC(=O)C2C3CC4CC(C3)CC2C4)c1. The normalized spacial score (nSPS) is 33.3. The number of hydrogen-bond donors (Lipinski definition) is 1. The second-order valence-corrected chi connectivity index (χ2v) is 8.23. The van der Waals surface area contributed by atoms with Crippen molar-refractivity contribution < 1.29 is 9.59 Å². The van der Waals surface area contributed by atoms with Crippen molar-refractivity contribution in [1.29, 1.82) is 0 Å². The first kappa shape index (κ1) is 15.7. The highest BCUT2D eigenvalue weighted by Crippen LogP contribution is 2.56. The van der Waals surface area contributed by atoms with Crippen molar-refractivity contribution in [3.63, 3.8) is 0 Å². The van der Waals surface area contributed by atoms with E-state index in [0.717, 1.165) is 17.5 Å². The lowest BCUT2D eigenvalue weighted by Crippen LogP contribution is -2.49. The third-order valence-electron chi connectivity index (χ3n) is 6.31. The fourth-order valence-electron chi connectivity index (χ4n) is 5.57. The molecule has 5 rings (SSSR count). The fourth-order valence-corrected chi connectivity index (χ4v) is 5.57. The van der Waals surface area contributed by atoms with E-state index in [1.54, 1.807) is 31.1 Å². The molecule has 24 heavy (non-hydrogen) atoms. The van der Waals surface area contributed by atoms with Crippen molar-refractivity contribution in [3.8, 4) is 0 Å². The van der Waals surface area contributed by atoms with Crippen LogP contribution in [-0.2, 0) is 4.79 Å². The van der Waals surface area contributed by atoms with Crippen molar-refractivity contribution in [2.75, 3.05) is 19.4 Å². The van der Waals surface area contributed by atoms with Crippen LogP contribution in [0.4, 0.5) is 5.69 Å². The maximum Gasteiger partial charge on any atom is 0.253 e. The molecule has 0 spiro atoms. The zero-order valence-corrected chi connectivity index (χ0v) is 14.5. The lowest BCUT2D eigenvalue weighted by atomic mass is 9.51. The fraction of sp³-hybridized carbons (Fsp3) is 0.600. The molecule has 4 bridgehead atoms. The molecule has 4 heteroatoms. The van der Waals surface area contributed by atoms with Gasteiger partial charge in [-0.3, -0.25) is 9.59 Å². The van der Waals surface area contributed by atoms with E-state index < -0.39 is 0 Å².